The van der Waals surface area contributed by atoms with E-state index in [4.69, 9.17) is 5.21 Å². The van der Waals surface area contributed by atoms with E-state index in [1.807, 2.05) is 37.2 Å². The average molecular weight is 459 g/mol. The average Bonchev–Trinajstić information content (AvgIpc) is 2.79. The molecule has 1 aliphatic heterocycles. The monoisotopic (exact) mass is 458 g/mol. The molecular weight excluding hydrogens is 428 g/mol. The van der Waals surface area contributed by atoms with Gasteiger partial charge >= 0.3 is 0 Å². The van der Waals surface area contributed by atoms with Gasteiger partial charge in [0.05, 0.1) is 4.90 Å². The van der Waals surface area contributed by atoms with Crippen LogP contribution in [0.25, 0.3) is 11.1 Å². The van der Waals surface area contributed by atoms with E-state index in [0.717, 1.165) is 23.2 Å². The number of amides is 1. The van der Waals surface area contributed by atoms with Crippen molar-refractivity contribution in [1.29, 1.82) is 0 Å². The van der Waals surface area contributed by atoms with Gasteiger partial charge in [0.2, 0.25) is 10.0 Å². The number of hydrogen-bond acceptors (Lipinski definition) is 6. The highest BCUT2D eigenvalue weighted by molar-refractivity contribution is 7.89. The van der Waals surface area contributed by atoms with Crippen LogP contribution in [-0.4, -0.2) is 75.6 Å². The van der Waals surface area contributed by atoms with Crippen LogP contribution in [0.5, 0.6) is 0 Å². The molecule has 0 radical (unpaired) electrons. The number of carbonyl (C=O) groups excluding carboxylic acids is 1. The Morgan fingerprint density at radius 2 is 1.69 bits per heavy atom. The number of nitrogens with one attached hydrogen (secondary N) is 2. The Morgan fingerprint density at radius 3 is 2.22 bits per heavy atom. The maximum atomic E-state index is 12.9. The van der Waals surface area contributed by atoms with Gasteiger partial charge in [-0.05, 0) is 55.9 Å². The van der Waals surface area contributed by atoms with Crippen molar-refractivity contribution in [2.45, 2.75) is 11.3 Å². The summed E-state index contributed by atoms with van der Waals surface area (Å²) in [4.78, 5) is 14.5. The van der Waals surface area contributed by atoms with E-state index in [1.54, 1.807) is 36.4 Å². The van der Waals surface area contributed by atoms with Crippen LogP contribution in [-0.2, 0) is 10.0 Å². The molecule has 1 amide bonds. The lowest BCUT2D eigenvalue weighted by molar-refractivity contribution is 0.0951. The molecule has 3 rings (SSSR count). The first-order valence-corrected chi connectivity index (χ1v) is 11.9. The molecule has 0 aromatic heterocycles. The zero-order chi connectivity index (χ0) is 23.1. The van der Waals surface area contributed by atoms with Crippen LogP contribution in [0.2, 0.25) is 0 Å². The molecule has 1 aliphatic rings. The van der Waals surface area contributed by atoms with E-state index in [1.165, 1.54) is 4.31 Å². The summed E-state index contributed by atoms with van der Waals surface area (Å²) < 4.78 is 27.3. The molecule has 172 valence electrons. The maximum absolute atomic E-state index is 12.9. The molecule has 0 unspecified atom stereocenters. The number of hydrogen-bond donors (Lipinski definition) is 3. The van der Waals surface area contributed by atoms with Crippen LogP contribution in [0.1, 0.15) is 16.8 Å². The highest BCUT2D eigenvalue weighted by atomic mass is 32.2. The summed E-state index contributed by atoms with van der Waals surface area (Å²) in [5, 5.41) is 11.7. The predicted molar refractivity (Wildman–Crippen MR) is 124 cm³/mol. The molecule has 0 saturated heterocycles. The third kappa shape index (κ3) is 6.02. The molecule has 9 heteroatoms. The van der Waals surface area contributed by atoms with Crippen LogP contribution < -0.4 is 10.8 Å². The zero-order valence-corrected chi connectivity index (χ0v) is 19.2. The van der Waals surface area contributed by atoms with Gasteiger partial charge in [-0.3, -0.25) is 4.79 Å². The molecule has 3 N–H and O–H groups in total. The van der Waals surface area contributed by atoms with Gasteiger partial charge in [0.25, 0.3) is 5.91 Å². The second kappa shape index (κ2) is 10.8. The first-order valence-electron chi connectivity index (χ1n) is 10.5. The normalized spacial score (nSPS) is 14.9. The molecule has 0 fully saturated rings. The second-order valence-corrected chi connectivity index (χ2v) is 9.91. The Bertz CT molecular complexity index is 1050. The molecule has 2 aromatic rings. The summed E-state index contributed by atoms with van der Waals surface area (Å²) in [5.41, 5.74) is 5.46. The van der Waals surface area contributed by atoms with Gasteiger partial charge < -0.3 is 15.4 Å². The molecule has 0 atom stereocenters. The van der Waals surface area contributed by atoms with Crippen molar-refractivity contribution < 1.29 is 18.4 Å². The number of likely N-dealkylation sites (N-methyl/N-ethyl adjacent to an activating group) is 1. The van der Waals surface area contributed by atoms with E-state index < -0.39 is 10.0 Å². The summed E-state index contributed by atoms with van der Waals surface area (Å²) in [6, 6.07) is 14.0. The van der Waals surface area contributed by atoms with Crippen LogP contribution in [0, 0.1) is 0 Å². The minimum absolute atomic E-state index is 0.117. The van der Waals surface area contributed by atoms with E-state index >= 15 is 0 Å². The van der Waals surface area contributed by atoms with E-state index in [-0.39, 0.29) is 10.8 Å². The lowest BCUT2D eigenvalue weighted by Crippen LogP contribution is -2.35. The summed E-state index contributed by atoms with van der Waals surface area (Å²) in [5.74, 6) is -0.117. The van der Waals surface area contributed by atoms with Crippen LogP contribution in [0.15, 0.2) is 65.1 Å². The van der Waals surface area contributed by atoms with E-state index in [9.17, 15) is 13.2 Å². The fraction of sp³-hybridized carbons (Fsp3) is 0.348. The van der Waals surface area contributed by atoms with Gasteiger partial charge in [0, 0.05) is 38.3 Å². The largest absolute Gasteiger partial charge is 0.351 e. The van der Waals surface area contributed by atoms with Crippen LogP contribution in [0.3, 0.4) is 0 Å². The van der Waals surface area contributed by atoms with Gasteiger partial charge in [-0.15, -0.1) is 0 Å². The quantitative estimate of drug-likeness (QED) is 0.392. The molecule has 0 aliphatic carbocycles. The smallest absolute Gasteiger partial charge is 0.251 e. The summed E-state index contributed by atoms with van der Waals surface area (Å²) in [6.45, 7) is 2.37. The summed E-state index contributed by atoms with van der Waals surface area (Å²) in [7, 11) is 0.321. The molecule has 0 saturated carbocycles. The number of carbonyl (C=O) groups is 1. The molecule has 0 bridgehead atoms. The molecule has 32 heavy (non-hydrogen) atoms. The third-order valence-corrected chi connectivity index (χ3v) is 7.27. The van der Waals surface area contributed by atoms with Crippen molar-refractivity contribution in [3.05, 3.63) is 65.7 Å². The van der Waals surface area contributed by atoms with Crippen molar-refractivity contribution >= 4 is 15.9 Å². The first kappa shape index (κ1) is 24.1. The summed E-state index contributed by atoms with van der Waals surface area (Å²) >= 11 is 0. The SMILES string of the molecule is CN(C)CCNC(=O)c1ccc(-c2ccc(S(=O)(=O)N3CC=C(CNO)CC3)cc2)cc1. The third-order valence-electron chi connectivity index (χ3n) is 5.39. The van der Waals surface area contributed by atoms with Gasteiger partial charge in [-0.2, -0.15) is 4.31 Å². The minimum Gasteiger partial charge on any atom is -0.351 e. The van der Waals surface area contributed by atoms with E-state index in [0.29, 0.717) is 38.2 Å². The Labute approximate surface area is 189 Å². The van der Waals surface area contributed by atoms with Crippen molar-refractivity contribution in [2.75, 3.05) is 46.8 Å². The Kier molecular flexibility index (Phi) is 8.16. The fourth-order valence-electron chi connectivity index (χ4n) is 3.45. The van der Waals surface area contributed by atoms with Crippen LogP contribution >= 0.6 is 0 Å². The lowest BCUT2D eigenvalue weighted by Gasteiger charge is -2.25. The minimum atomic E-state index is -3.58. The topological polar surface area (TPSA) is 102 Å². The molecule has 1 heterocycles. The van der Waals surface area contributed by atoms with Gasteiger partial charge in [-0.1, -0.05) is 35.9 Å². The number of benzene rings is 2. The van der Waals surface area contributed by atoms with Crippen molar-refractivity contribution in [3.63, 3.8) is 0 Å². The standard InChI is InChI=1S/C23H30N4O4S/c1-26(2)16-13-24-23(28)21-5-3-19(4-6-21)20-7-9-22(10-8-20)32(30,31)27-14-11-18(12-15-27)17-25-29/h3-11,25,29H,12-17H2,1-2H3,(H,24,28). The summed E-state index contributed by atoms with van der Waals surface area (Å²) in [6.07, 6.45) is 2.41. The number of sulfonamides is 1. The van der Waals surface area contributed by atoms with Crippen molar-refractivity contribution in [1.82, 2.24) is 20.0 Å². The Balaban J connectivity index is 1.66. The first-order chi connectivity index (χ1) is 15.3. The predicted octanol–water partition coefficient (Wildman–Crippen LogP) is 1.94. The van der Waals surface area contributed by atoms with Gasteiger partial charge in [0.15, 0.2) is 0 Å². The molecule has 8 nitrogen and oxygen atoms in total. The second-order valence-electron chi connectivity index (χ2n) is 7.97. The zero-order valence-electron chi connectivity index (χ0n) is 18.4. The number of rotatable bonds is 9. The molecule has 0 spiro atoms. The van der Waals surface area contributed by atoms with Gasteiger partial charge in [-0.25, -0.2) is 13.9 Å². The molecular formula is C23H30N4O4S. The van der Waals surface area contributed by atoms with Crippen LogP contribution in [0.4, 0.5) is 0 Å². The van der Waals surface area contributed by atoms with Gasteiger partial charge in [0.1, 0.15) is 0 Å². The lowest BCUT2D eigenvalue weighted by atomic mass is 10.0. The molecule has 2 aromatic carbocycles. The van der Waals surface area contributed by atoms with Crippen molar-refractivity contribution in [2.24, 2.45) is 0 Å². The van der Waals surface area contributed by atoms with Crippen molar-refractivity contribution in [3.8, 4) is 11.1 Å². The Morgan fingerprint density at radius 1 is 1.06 bits per heavy atom. The Hall–Kier alpha value is -2.56. The van der Waals surface area contributed by atoms with E-state index in [2.05, 4.69) is 10.8 Å². The highest BCUT2D eigenvalue weighted by Crippen LogP contribution is 2.25. The number of hydroxylamine groups is 1. The highest BCUT2D eigenvalue weighted by Gasteiger charge is 2.26. The number of nitrogens with zero attached hydrogens (tertiary/aromatic N) is 2. The fourth-order valence-corrected chi connectivity index (χ4v) is 4.83. The maximum Gasteiger partial charge on any atom is 0.251 e.